The lowest BCUT2D eigenvalue weighted by Crippen LogP contribution is -1.99. The van der Waals surface area contributed by atoms with E-state index in [2.05, 4.69) is 51.2 Å². The van der Waals surface area contributed by atoms with E-state index in [1.54, 1.807) is 0 Å². The Balaban J connectivity index is 2.82. The molecule has 0 aliphatic rings. The second kappa shape index (κ2) is 4.36. The van der Waals surface area contributed by atoms with Crippen molar-refractivity contribution in [3.05, 3.63) is 35.0 Å². The summed E-state index contributed by atoms with van der Waals surface area (Å²) in [6, 6.07) is 6.55. The first-order valence-corrected chi connectivity index (χ1v) is 6.12. The van der Waals surface area contributed by atoms with Crippen molar-refractivity contribution in [1.29, 1.82) is 0 Å². The molecule has 90 valence electrons. The minimum absolute atomic E-state index is 0.451. The summed E-state index contributed by atoms with van der Waals surface area (Å²) in [6.07, 6.45) is 0. The van der Waals surface area contributed by atoms with E-state index in [0.717, 1.165) is 11.2 Å². The van der Waals surface area contributed by atoms with Crippen molar-refractivity contribution in [3.8, 4) is 0 Å². The zero-order valence-corrected chi connectivity index (χ0v) is 11.3. The van der Waals surface area contributed by atoms with Gasteiger partial charge in [-0.05, 0) is 37.5 Å². The fraction of sp³-hybridized carbons (Fsp3) is 0.400. The lowest BCUT2D eigenvalue weighted by atomic mass is 10.0. The second-order valence-corrected chi connectivity index (χ2v) is 4.98. The maximum atomic E-state index is 4.78. The van der Waals surface area contributed by atoms with Crippen molar-refractivity contribution < 1.29 is 0 Å². The van der Waals surface area contributed by atoms with Gasteiger partial charge in [0, 0.05) is 23.8 Å². The van der Waals surface area contributed by atoms with Gasteiger partial charge in [0.25, 0.3) is 0 Å². The molecule has 2 aromatic rings. The van der Waals surface area contributed by atoms with Crippen LogP contribution in [-0.2, 0) is 0 Å². The summed E-state index contributed by atoms with van der Waals surface area (Å²) >= 11 is 0. The highest BCUT2D eigenvalue weighted by Gasteiger charge is 2.09. The van der Waals surface area contributed by atoms with Gasteiger partial charge in [-0.1, -0.05) is 25.5 Å². The number of pyridine rings is 1. The van der Waals surface area contributed by atoms with E-state index in [9.17, 15) is 0 Å². The molecule has 0 fully saturated rings. The molecule has 0 aliphatic carbocycles. The summed E-state index contributed by atoms with van der Waals surface area (Å²) in [5.74, 6) is 0.451. The van der Waals surface area contributed by atoms with Crippen LogP contribution in [-0.4, -0.2) is 12.0 Å². The molecule has 2 heteroatoms. The maximum Gasteiger partial charge on any atom is 0.0755 e. The third kappa shape index (κ3) is 2.12. The van der Waals surface area contributed by atoms with Crippen molar-refractivity contribution in [2.24, 2.45) is 0 Å². The number of rotatable bonds is 2. The first kappa shape index (κ1) is 11.9. The summed E-state index contributed by atoms with van der Waals surface area (Å²) in [5.41, 5.74) is 5.97. The van der Waals surface area contributed by atoms with Crippen LogP contribution in [0.15, 0.2) is 18.2 Å². The molecule has 2 nitrogen and oxygen atoms in total. The van der Waals surface area contributed by atoms with Gasteiger partial charge in [-0.25, -0.2) is 0 Å². The van der Waals surface area contributed by atoms with Crippen LogP contribution in [0.2, 0.25) is 0 Å². The van der Waals surface area contributed by atoms with Crippen LogP contribution in [0.5, 0.6) is 0 Å². The molecule has 17 heavy (non-hydrogen) atoms. The number of hydrogen-bond donors (Lipinski definition) is 1. The maximum absolute atomic E-state index is 4.78. The number of benzene rings is 1. The number of hydrogen-bond acceptors (Lipinski definition) is 2. The Labute approximate surface area is 103 Å². The second-order valence-electron chi connectivity index (χ2n) is 4.98. The molecule has 0 aliphatic heterocycles. The minimum Gasteiger partial charge on any atom is -0.388 e. The Hall–Kier alpha value is -1.57. The highest BCUT2D eigenvalue weighted by atomic mass is 14.8. The van der Waals surface area contributed by atoms with Crippen molar-refractivity contribution in [1.82, 2.24) is 4.98 Å². The normalized spacial score (nSPS) is 11.2. The van der Waals surface area contributed by atoms with Crippen LogP contribution >= 0.6 is 0 Å². The third-order valence-electron chi connectivity index (χ3n) is 3.13. The van der Waals surface area contributed by atoms with Gasteiger partial charge in [0.1, 0.15) is 0 Å². The molecular formula is C15H20N2. The first-order chi connectivity index (χ1) is 8.02. The van der Waals surface area contributed by atoms with Gasteiger partial charge in [-0.2, -0.15) is 0 Å². The van der Waals surface area contributed by atoms with Crippen LogP contribution in [0.25, 0.3) is 10.9 Å². The first-order valence-electron chi connectivity index (χ1n) is 6.12. The van der Waals surface area contributed by atoms with Crippen molar-refractivity contribution in [2.45, 2.75) is 33.6 Å². The van der Waals surface area contributed by atoms with Crippen LogP contribution in [0.3, 0.4) is 0 Å². The van der Waals surface area contributed by atoms with Crippen molar-refractivity contribution >= 4 is 16.6 Å². The summed E-state index contributed by atoms with van der Waals surface area (Å²) in [4.78, 5) is 4.78. The topological polar surface area (TPSA) is 24.9 Å². The molecule has 0 radical (unpaired) electrons. The number of nitrogens with zero attached hydrogens (tertiary/aromatic N) is 1. The quantitative estimate of drug-likeness (QED) is 0.839. The molecule has 1 N–H and O–H groups in total. The van der Waals surface area contributed by atoms with Crippen molar-refractivity contribution in [3.63, 3.8) is 0 Å². The van der Waals surface area contributed by atoms with Gasteiger partial charge < -0.3 is 5.32 Å². The van der Waals surface area contributed by atoms with Crippen molar-refractivity contribution in [2.75, 3.05) is 12.4 Å². The fourth-order valence-electron chi connectivity index (χ4n) is 2.20. The van der Waals surface area contributed by atoms with E-state index in [1.807, 2.05) is 7.05 Å². The Morgan fingerprint density at radius 2 is 1.82 bits per heavy atom. The summed E-state index contributed by atoms with van der Waals surface area (Å²) in [6.45, 7) is 8.61. The monoisotopic (exact) mass is 228 g/mol. The highest BCUT2D eigenvalue weighted by molar-refractivity contribution is 5.93. The highest BCUT2D eigenvalue weighted by Crippen LogP contribution is 2.29. The largest absolute Gasteiger partial charge is 0.388 e. The average molecular weight is 228 g/mol. The number of anilines is 1. The number of nitrogens with one attached hydrogen (secondary N) is 1. The molecule has 0 atom stereocenters. The molecule has 0 spiro atoms. The molecule has 0 saturated heterocycles. The van der Waals surface area contributed by atoms with Crippen LogP contribution in [0.1, 0.15) is 36.6 Å². The Morgan fingerprint density at radius 1 is 1.12 bits per heavy atom. The van der Waals surface area contributed by atoms with Crippen LogP contribution in [0.4, 0.5) is 5.69 Å². The lowest BCUT2D eigenvalue weighted by molar-refractivity contribution is 0.830. The zero-order chi connectivity index (χ0) is 12.6. The predicted octanol–water partition coefficient (Wildman–Crippen LogP) is 4.02. The Morgan fingerprint density at radius 3 is 2.41 bits per heavy atom. The number of aromatic nitrogens is 1. The van der Waals surface area contributed by atoms with Gasteiger partial charge in [0.2, 0.25) is 0 Å². The minimum atomic E-state index is 0.451. The molecule has 1 aromatic heterocycles. The summed E-state index contributed by atoms with van der Waals surface area (Å²) in [5, 5.41) is 4.50. The number of aryl methyl sites for hydroxylation is 2. The third-order valence-corrected chi connectivity index (χ3v) is 3.13. The SMILES string of the molecule is CNc1cc(C(C)C)nc2c(C)cc(C)cc12. The van der Waals surface area contributed by atoms with E-state index >= 15 is 0 Å². The molecule has 1 heterocycles. The van der Waals surface area contributed by atoms with Gasteiger partial charge in [-0.15, -0.1) is 0 Å². The molecule has 1 aromatic carbocycles. The Kier molecular flexibility index (Phi) is 3.05. The standard InChI is InChI=1S/C15H20N2/c1-9(2)13-8-14(16-5)12-7-10(3)6-11(4)15(12)17-13/h6-9H,1-5H3,(H,16,17). The smallest absolute Gasteiger partial charge is 0.0755 e. The van der Waals surface area contributed by atoms with E-state index in [-0.39, 0.29) is 0 Å². The van der Waals surface area contributed by atoms with E-state index in [0.29, 0.717) is 5.92 Å². The molecule has 2 rings (SSSR count). The summed E-state index contributed by atoms with van der Waals surface area (Å²) in [7, 11) is 1.97. The van der Waals surface area contributed by atoms with Gasteiger partial charge in [0.15, 0.2) is 0 Å². The van der Waals surface area contributed by atoms with Crippen LogP contribution in [0, 0.1) is 13.8 Å². The van der Waals surface area contributed by atoms with E-state index < -0.39 is 0 Å². The predicted molar refractivity (Wildman–Crippen MR) is 74.9 cm³/mol. The molecule has 0 saturated carbocycles. The van der Waals surface area contributed by atoms with Gasteiger partial charge >= 0.3 is 0 Å². The summed E-state index contributed by atoms with van der Waals surface area (Å²) < 4.78 is 0. The molecule has 0 amide bonds. The number of fused-ring (bicyclic) bond motifs is 1. The van der Waals surface area contributed by atoms with E-state index in [4.69, 9.17) is 4.98 Å². The molecule has 0 unspecified atom stereocenters. The fourth-order valence-corrected chi connectivity index (χ4v) is 2.20. The zero-order valence-electron chi connectivity index (χ0n) is 11.3. The van der Waals surface area contributed by atoms with Gasteiger partial charge in [-0.3, -0.25) is 4.98 Å². The molecule has 0 bridgehead atoms. The van der Waals surface area contributed by atoms with Crippen LogP contribution < -0.4 is 5.32 Å². The Bertz CT molecular complexity index is 556. The average Bonchev–Trinajstić information content (AvgIpc) is 2.27. The molecular weight excluding hydrogens is 208 g/mol. The van der Waals surface area contributed by atoms with Gasteiger partial charge in [0.05, 0.1) is 5.52 Å². The van der Waals surface area contributed by atoms with E-state index in [1.165, 1.54) is 22.2 Å². The lowest BCUT2D eigenvalue weighted by Gasteiger charge is -2.13.